The minimum Gasteiger partial charge on any atom is -0.288 e. The van der Waals surface area contributed by atoms with Gasteiger partial charge in [-0.2, -0.15) is 4.80 Å². The van der Waals surface area contributed by atoms with E-state index in [-0.39, 0.29) is 11.9 Å². The molecule has 6 nitrogen and oxygen atoms in total. The molecule has 88 valence electrons. The van der Waals surface area contributed by atoms with E-state index < -0.39 is 0 Å². The Morgan fingerprint density at radius 2 is 2.24 bits per heavy atom. The van der Waals surface area contributed by atoms with Crippen LogP contribution in [0, 0.1) is 6.92 Å². The van der Waals surface area contributed by atoms with Gasteiger partial charge in [-0.15, -0.1) is 5.10 Å². The number of anilines is 1. The van der Waals surface area contributed by atoms with Crippen molar-refractivity contribution in [3.8, 4) is 0 Å². The zero-order valence-corrected chi connectivity index (χ0v) is 10.9. The van der Waals surface area contributed by atoms with E-state index in [0.717, 1.165) is 10.0 Å². The molecule has 0 aliphatic heterocycles. The number of amides is 1. The highest BCUT2D eigenvalue weighted by Gasteiger charge is 2.10. The first-order chi connectivity index (χ1) is 8.06. The molecular weight excluding hydrogens is 286 g/mol. The lowest BCUT2D eigenvalue weighted by Crippen LogP contribution is -2.13. The minimum absolute atomic E-state index is 0.193. The molecule has 0 radical (unpaired) electrons. The van der Waals surface area contributed by atoms with Crippen LogP contribution >= 0.6 is 15.9 Å². The highest BCUT2D eigenvalue weighted by atomic mass is 79.9. The standard InChI is InChI=1S/C10H10BrN5O/c1-6-5-7(3-4-8(6)11)9(17)12-10-13-15-16(2)14-10/h3-5H,1-2H3,(H,12,14,17). The van der Waals surface area contributed by atoms with Gasteiger partial charge in [0.15, 0.2) is 0 Å². The van der Waals surface area contributed by atoms with Crippen LogP contribution in [0.5, 0.6) is 0 Å². The molecular formula is C10H10BrN5O. The summed E-state index contributed by atoms with van der Waals surface area (Å²) in [7, 11) is 1.63. The Bertz CT molecular complexity index is 566. The summed E-state index contributed by atoms with van der Waals surface area (Å²) in [6, 6.07) is 5.34. The van der Waals surface area contributed by atoms with Crippen molar-refractivity contribution in [1.82, 2.24) is 20.2 Å². The number of hydrogen-bond acceptors (Lipinski definition) is 4. The first-order valence-electron chi connectivity index (χ1n) is 4.88. The number of aromatic nitrogens is 4. The predicted octanol–water partition coefficient (Wildman–Crippen LogP) is 1.53. The maximum absolute atomic E-state index is 11.8. The molecule has 2 aromatic rings. The highest BCUT2D eigenvalue weighted by Crippen LogP contribution is 2.17. The topological polar surface area (TPSA) is 72.7 Å². The van der Waals surface area contributed by atoms with Gasteiger partial charge in [-0.05, 0) is 35.9 Å². The molecule has 17 heavy (non-hydrogen) atoms. The summed E-state index contributed by atoms with van der Waals surface area (Å²) in [5.41, 5.74) is 1.54. The van der Waals surface area contributed by atoms with E-state index in [1.165, 1.54) is 4.80 Å². The maximum atomic E-state index is 11.8. The van der Waals surface area contributed by atoms with E-state index in [0.29, 0.717) is 5.56 Å². The summed E-state index contributed by atoms with van der Waals surface area (Å²) in [4.78, 5) is 13.1. The van der Waals surface area contributed by atoms with Crippen LogP contribution in [0.15, 0.2) is 22.7 Å². The van der Waals surface area contributed by atoms with Gasteiger partial charge < -0.3 is 0 Å². The van der Waals surface area contributed by atoms with Gasteiger partial charge in [0.25, 0.3) is 11.9 Å². The Morgan fingerprint density at radius 3 is 2.82 bits per heavy atom. The van der Waals surface area contributed by atoms with Crippen molar-refractivity contribution in [2.45, 2.75) is 6.92 Å². The number of aryl methyl sites for hydroxylation is 2. The summed E-state index contributed by atoms with van der Waals surface area (Å²) in [6.45, 7) is 1.92. The van der Waals surface area contributed by atoms with Crippen LogP contribution in [0.2, 0.25) is 0 Å². The van der Waals surface area contributed by atoms with Crippen LogP contribution in [-0.4, -0.2) is 26.1 Å². The molecule has 1 amide bonds. The molecule has 1 N–H and O–H groups in total. The molecule has 0 spiro atoms. The molecule has 1 aromatic heterocycles. The number of rotatable bonds is 2. The Labute approximate surface area is 106 Å². The van der Waals surface area contributed by atoms with Crippen molar-refractivity contribution in [2.24, 2.45) is 7.05 Å². The van der Waals surface area contributed by atoms with E-state index in [4.69, 9.17) is 0 Å². The number of carbonyl (C=O) groups is 1. The molecule has 0 saturated heterocycles. The fraction of sp³-hybridized carbons (Fsp3) is 0.200. The average molecular weight is 296 g/mol. The maximum Gasteiger partial charge on any atom is 0.270 e. The van der Waals surface area contributed by atoms with E-state index in [9.17, 15) is 4.79 Å². The molecule has 0 bridgehead atoms. The molecule has 0 aliphatic carbocycles. The second kappa shape index (κ2) is 4.62. The quantitative estimate of drug-likeness (QED) is 0.912. The fourth-order valence-corrected chi connectivity index (χ4v) is 1.54. The van der Waals surface area contributed by atoms with Gasteiger partial charge in [-0.1, -0.05) is 21.0 Å². The largest absolute Gasteiger partial charge is 0.288 e. The Balaban J connectivity index is 2.17. The molecule has 1 heterocycles. The van der Waals surface area contributed by atoms with Crippen LogP contribution in [0.25, 0.3) is 0 Å². The lowest BCUT2D eigenvalue weighted by molar-refractivity contribution is 0.102. The number of halogens is 1. The summed E-state index contributed by atoms with van der Waals surface area (Å²) in [5, 5.41) is 13.7. The minimum atomic E-state index is -0.256. The zero-order valence-electron chi connectivity index (χ0n) is 9.31. The summed E-state index contributed by atoms with van der Waals surface area (Å²) in [6.07, 6.45) is 0. The number of hydrogen-bond donors (Lipinski definition) is 1. The van der Waals surface area contributed by atoms with Crippen LogP contribution in [0.3, 0.4) is 0 Å². The van der Waals surface area contributed by atoms with E-state index >= 15 is 0 Å². The second-order valence-corrected chi connectivity index (χ2v) is 4.37. The number of benzene rings is 1. The summed E-state index contributed by atoms with van der Waals surface area (Å²) < 4.78 is 0.965. The van der Waals surface area contributed by atoms with E-state index in [1.807, 2.05) is 13.0 Å². The summed E-state index contributed by atoms with van der Waals surface area (Å²) in [5.74, 6) is -0.0633. The van der Waals surface area contributed by atoms with Gasteiger partial charge in [-0.25, -0.2) is 0 Å². The zero-order chi connectivity index (χ0) is 12.4. The van der Waals surface area contributed by atoms with Crippen LogP contribution < -0.4 is 5.32 Å². The second-order valence-electron chi connectivity index (χ2n) is 3.52. The first-order valence-corrected chi connectivity index (χ1v) is 5.67. The molecule has 2 rings (SSSR count). The third-order valence-electron chi connectivity index (χ3n) is 2.15. The molecule has 1 aromatic carbocycles. The lowest BCUT2D eigenvalue weighted by Gasteiger charge is -2.03. The summed E-state index contributed by atoms with van der Waals surface area (Å²) >= 11 is 3.38. The van der Waals surface area contributed by atoms with Crippen molar-refractivity contribution in [3.63, 3.8) is 0 Å². The number of carbonyl (C=O) groups excluding carboxylic acids is 1. The van der Waals surface area contributed by atoms with Gasteiger partial charge in [0, 0.05) is 10.0 Å². The third-order valence-corrected chi connectivity index (χ3v) is 3.04. The van der Waals surface area contributed by atoms with Gasteiger partial charge in [0.1, 0.15) is 0 Å². The number of nitrogens with one attached hydrogen (secondary N) is 1. The van der Waals surface area contributed by atoms with Crippen molar-refractivity contribution in [3.05, 3.63) is 33.8 Å². The predicted molar refractivity (Wildman–Crippen MR) is 65.6 cm³/mol. The van der Waals surface area contributed by atoms with Crippen molar-refractivity contribution in [1.29, 1.82) is 0 Å². The average Bonchev–Trinajstić information content (AvgIpc) is 2.68. The molecule has 0 atom stereocenters. The fourth-order valence-electron chi connectivity index (χ4n) is 1.29. The molecule has 7 heteroatoms. The van der Waals surface area contributed by atoms with E-state index in [1.54, 1.807) is 19.2 Å². The van der Waals surface area contributed by atoms with Gasteiger partial charge in [0.2, 0.25) is 0 Å². The van der Waals surface area contributed by atoms with Gasteiger partial charge >= 0.3 is 0 Å². The number of nitrogens with zero attached hydrogens (tertiary/aromatic N) is 4. The number of tetrazole rings is 1. The molecule has 0 unspecified atom stereocenters. The Morgan fingerprint density at radius 1 is 1.47 bits per heavy atom. The molecule has 0 fully saturated rings. The molecule has 0 saturated carbocycles. The highest BCUT2D eigenvalue weighted by molar-refractivity contribution is 9.10. The third kappa shape index (κ3) is 2.68. The first kappa shape index (κ1) is 11.7. The smallest absolute Gasteiger partial charge is 0.270 e. The van der Waals surface area contributed by atoms with Gasteiger partial charge in [-0.3, -0.25) is 10.1 Å². The Hall–Kier alpha value is -1.76. The van der Waals surface area contributed by atoms with Crippen LogP contribution in [0.4, 0.5) is 5.95 Å². The van der Waals surface area contributed by atoms with Crippen molar-refractivity contribution >= 4 is 27.8 Å². The Kier molecular flexibility index (Phi) is 3.19. The van der Waals surface area contributed by atoms with Crippen molar-refractivity contribution in [2.75, 3.05) is 5.32 Å². The lowest BCUT2D eigenvalue weighted by atomic mass is 10.1. The van der Waals surface area contributed by atoms with Gasteiger partial charge in [0.05, 0.1) is 7.05 Å². The SMILES string of the molecule is Cc1cc(C(=O)Nc2nnn(C)n2)ccc1Br. The van der Waals surface area contributed by atoms with E-state index in [2.05, 4.69) is 36.7 Å². The van der Waals surface area contributed by atoms with Crippen LogP contribution in [-0.2, 0) is 7.05 Å². The van der Waals surface area contributed by atoms with Crippen LogP contribution in [0.1, 0.15) is 15.9 Å². The normalized spacial score (nSPS) is 10.3. The molecule has 0 aliphatic rings. The van der Waals surface area contributed by atoms with Crippen molar-refractivity contribution < 1.29 is 4.79 Å². The monoisotopic (exact) mass is 295 g/mol.